The van der Waals surface area contributed by atoms with E-state index in [9.17, 15) is 5.11 Å². The smallest absolute Gasteiger partial charge is 0.0584 e. The van der Waals surface area contributed by atoms with E-state index in [1.165, 1.54) is 18.4 Å². The average molecular weight is 247 g/mol. The molecule has 2 rings (SSSR count). The lowest BCUT2D eigenvalue weighted by Gasteiger charge is -2.38. The molecule has 0 saturated heterocycles. The van der Waals surface area contributed by atoms with Crippen LogP contribution in [0.4, 0.5) is 0 Å². The van der Waals surface area contributed by atoms with Gasteiger partial charge in [0.25, 0.3) is 0 Å². The summed E-state index contributed by atoms with van der Waals surface area (Å²) in [6, 6.07) is 11.6. The standard InChI is InChI=1S/C16H25NO/c1-12(2)8-16(11-18)17-15-9-14(10-15)13-6-4-3-5-7-13/h3-7,12,14-18H,8-11H2,1-2H3. The van der Waals surface area contributed by atoms with Crippen LogP contribution in [0.3, 0.4) is 0 Å². The largest absolute Gasteiger partial charge is 0.395 e. The van der Waals surface area contributed by atoms with Crippen LogP contribution in [0, 0.1) is 5.92 Å². The number of rotatable bonds is 6. The van der Waals surface area contributed by atoms with E-state index in [2.05, 4.69) is 49.5 Å². The number of hydrogen-bond acceptors (Lipinski definition) is 2. The lowest BCUT2D eigenvalue weighted by molar-refractivity contribution is 0.181. The van der Waals surface area contributed by atoms with Gasteiger partial charge in [0.05, 0.1) is 6.61 Å². The summed E-state index contributed by atoms with van der Waals surface area (Å²) in [4.78, 5) is 0. The number of benzene rings is 1. The topological polar surface area (TPSA) is 32.3 Å². The van der Waals surface area contributed by atoms with Crippen LogP contribution in [0.2, 0.25) is 0 Å². The molecule has 1 aliphatic carbocycles. The Morgan fingerprint density at radius 2 is 1.89 bits per heavy atom. The van der Waals surface area contributed by atoms with E-state index in [1.807, 2.05) is 0 Å². The zero-order valence-electron chi connectivity index (χ0n) is 11.5. The Bertz CT molecular complexity index is 343. The third-order valence-corrected chi connectivity index (χ3v) is 3.86. The molecule has 1 aromatic rings. The molecule has 0 radical (unpaired) electrons. The van der Waals surface area contributed by atoms with Crippen LogP contribution in [0.15, 0.2) is 30.3 Å². The normalized spacial score (nSPS) is 24.9. The van der Waals surface area contributed by atoms with Crippen molar-refractivity contribution >= 4 is 0 Å². The van der Waals surface area contributed by atoms with E-state index >= 15 is 0 Å². The Hall–Kier alpha value is -0.860. The zero-order chi connectivity index (χ0) is 13.0. The summed E-state index contributed by atoms with van der Waals surface area (Å²) >= 11 is 0. The molecule has 2 nitrogen and oxygen atoms in total. The second-order valence-corrected chi connectivity index (χ2v) is 5.95. The molecule has 0 aliphatic heterocycles. The highest BCUT2D eigenvalue weighted by atomic mass is 16.3. The molecule has 1 unspecified atom stereocenters. The fourth-order valence-corrected chi connectivity index (χ4v) is 2.85. The molecule has 18 heavy (non-hydrogen) atoms. The van der Waals surface area contributed by atoms with Gasteiger partial charge in [0.1, 0.15) is 0 Å². The molecule has 0 aromatic heterocycles. The zero-order valence-corrected chi connectivity index (χ0v) is 11.5. The van der Waals surface area contributed by atoms with Crippen molar-refractivity contribution in [1.29, 1.82) is 0 Å². The molecular weight excluding hydrogens is 222 g/mol. The lowest BCUT2D eigenvalue weighted by Crippen LogP contribution is -2.47. The summed E-state index contributed by atoms with van der Waals surface area (Å²) in [7, 11) is 0. The fourth-order valence-electron chi connectivity index (χ4n) is 2.85. The van der Waals surface area contributed by atoms with Gasteiger partial charge in [-0.1, -0.05) is 44.2 Å². The highest BCUT2D eigenvalue weighted by Crippen LogP contribution is 2.37. The predicted molar refractivity (Wildman–Crippen MR) is 75.7 cm³/mol. The van der Waals surface area contributed by atoms with E-state index in [0.29, 0.717) is 17.9 Å². The minimum absolute atomic E-state index is 0.255. The first kappa shape index (κ1) is 13.6. The van der Waals surface area contributed by atoms with Crippen molar-refractivity contribution in [3.8, 4) is 0 Å². The summed E-state index contributed by atoms with van der Waals surface area (Å²) in [6.07, 6.45) is 3.47. The number of aliphatic hydroxyl groups excluding tert-OH is 1. The molecule has 1 saturated carbocycles. The molecule has 1 fully saturated rings. The van der Waals surface area contributed by atoms with Gasteiger partial charge in [-0.2, -0.15) is 0 Å². The minimum Gasteiger partial charge on any atom is -0.395 e. The molecule has 0 bridgehead atoms. The van der Waals surface area contributed by atoms with E-state index in [0.717, 1.165) is 6.42 Å². The number of aliphatic hydroxyl groups is 1. The summed E-state index contributed by atoms with van der Waals surface area (Å²) in [6.45, 7) is 4.67. The summed E-state index contributed by atoms with van der Waals surface area (Å²) < 4.78 is 0. The molecule has 1 aliphatic rings. The van der Waals surface area contributed by atoms with Crippen LogP contribution in [0.25, 0.3) is 0 Å². The average Bonchev–Trinajstić information content (AvgIpc) is 2.32. The maximum absolute atomic E-state index is 9.36. The SMILES string of the molecule is CC(C)CC(CO)NC1CC(c2ccccc2)C1. The van der Waals surface area contributed by atoms with Crippen LogP contribution in [-0.2, 0) is 0 Å². The lowest BCUT2D eigenvalue weighted by atomic mass is 9.75. The van der Waals surface area contributed by atoms with Crippen molar-refractivity contribution < 1.29 is 5.11 Å². The molecule has 1 atom stereocenters. The Morgan fingerprint density at radius 1 is 1.22 bits per heavy atom. The van der Waals surface area contributed by atoms with Gasteiger partial charge in [-0.3, -0.25) is 0 Å². The van der Waals surface area contributed by atoms with Gasteiger partial charge in [0.15, 0.2) is 0 Å². The van der Waals surface area contributed by atoms with Gasteiger partial charge in [0.2, 0.25) is 0 Å². The minimum atomic E-state index is 0.255. The van der Waals surface area contributed by atoms with Gasteiger partial charge in [-0.05, 0) is 36.7 Å². The first-order valence-corrected chi connectivity index (χ1v) is 7.11. The summed E-state index contributed by atoms with van der Waals surface area (Å²) in [5, 5.41) is 12.9. The molecular formula is C16H25NO. The van der Waals surface area contributed by atoms with Crippen molar-refractivity contribution in [1.82, 2.24) is 5.32 Å². The van der Waals surface area contributed by atoms with Crippen LogP contribution in [0.5, 0.6) is 0 Å². The Balaban J connectivity index is 1.75. The summed E-state index contributed by atoms with van der Waals surface area (Å²) in [5.74, 6) is 1.35. The van der Waals surface area contributed by atoms with Crippen molar-refractivity contribution in [2.24, 2.45) is 5.92 Å². The Labute approximate surface area is 110 Å². The van der Waals surface area contributed by atoms with E-state index < -0.39 is 0 Å². The fraction of sp³-hybridized carbons (Fsp3) is 0.625. The van der Waals surface area contributed by atoms with Gasteiger partial charge in [-0.15, -0.1) is 0 Å². The van der Waals surface area contributed by atoms with Crippen molar-refractivity contribution in [3.05, 3.63) is 35.9 Å². The number of nitrogens with one attached hydrogen (secondary N) is 1. The maximum Gasteiger partial charge on any atom is 0.0584 e. The van der Waals surface area contributed by atoms with E-state index in [4.69, 9.17) is 0 Å². The molecule has 0 spiro atoms. The van der Waals surface area contributed by atoms with Gasteiger partial charge in [0, 0.05) is 12.1 Å². The van der Waals surface area contributed by atoms with Gasteiger partial charge < -0.3 is 10.4 Å². The molecule has 1 aromatic carbocycles. The highest BCUT2D eigenvalue weighted by Gasteiger charge is 2.31. The molecule has 2 N–H and O–H groups in total. The third-order valence-electron chi connectivity index (χ3n) is 3.86. The second-order valence-electron chi connectivity index (χ2n) is 5.95. The van der Waals surface area contributed by atoms with Crippen LogP contribution in [0.1, 0.15) is 44.6 Å². The van der Waals surface area contributed by atoms with E-state index in [1.54, 1.807) is 0 Å². The summed E-state index contributed by atoms with van der Waals surface area (Å²) in [5.41, 5.74) is 1.46. The third kappa shape index (κ3) is 3.56. The quantitative estimate of drug-likeness (QED) is 0.810. The Kier molecular flexibility index (Phi) is 4.79. The van der Waals surface area contributed by atoms with Gasteiger partial charge in [-0.25, -0.2) is 0 Å². The first-order valence-electron chi connectivity index (χ1n) is 7.11. The van der Waals surface area contributed by atoms with Crippen molar-refractivity contribution in [2.45, 2.75) is 51.1 Å². The maximum atomic E-state index is 9.36. The predicted octanol–water partition coefficient (Wildman–Crippen LogP) is 2.93. The number of hydrogen-bond donors (Lipinski definition) is 2. The van der Waals surface area contributed by atoms with Crippen LogP contribution >= 0.6 is 0 Å². The Morgan fingerprint density at radius 3 is 2.44 bits per heavy atom. The van der Waals surface area contributed by atoms with Crippen LogP contribution < -0.4 is 5.32 Å². The van der Waals surface area contributed by atoms with Crippen molar-refractivity contribution in [3.63, 3.8) is 0 Å². The van der Waals surface area contributed by atoms with Gasteiger partial charge >= 0.3 is 0 Å². The highest BCUT2D eigenvalue weighted by molar-refractivity contribution is 5.22. The molecule has 100 valence electrons. The molecule has 0 heterocycles. The van der Waals surface area contributed by atoms with Crippen LogP contribution in [-0.4, -0.2) is 23.8 Å². The van der Waals surface area contributed by atoms with Crippen molar-refractivity contribution in [2.75, 3.05) is 6.61 Å². The van der Waals surface area contributed by atoms with E-state index in [-0.39, 0.29) is 12.6 Å². The first-order chi connectivity index (χ1) is 8.69. The molecule has 2 heteroatoms. The monoisotopic (exact) mass is 247 g/mol. The molecule has 0 amide bonds. The second kappa shape index (κ2) is 6.35.